The number of hydrogen-bond donors (Lipinski definition) is 1. The summed E-state index contributed by atoms with van der Waals surface area (Å²) < 4.78 is 12.8. The number of carbonyl (C=O) groups is 2. The van der Waals surface area contributed by atoms with Crippen LogP contribution in [0.3, 0.4) is 0 Å². The van der Waals surface area contributed by atoms with Crippen molar-refractivity contribution in [2.24, 2.45) is 11.8 Å². The smallest absolute Gasteiger partial charge is 0.407 e. The molecule has 2 rings (SSSR count). The number of amides is 1. The zero-order valence-corrected chi connectivity index (χ0v) is 20.6. The highest BCUT2D eigenvalue weighted by molar-refractivity contribution is 5.88. The molecule has 0 aliphatic heterocycles. The number of esters is 1. The van der Waals surface area contributed by atoms with Gasteiger partial charge in [-0.1, -0.05) is 19.9 Å². The second-order valence-electron chi connectivity index (χ2n) is 9.87. The average Bonchev–Trinajstić information content (AvgIpc) is 3.18. The Morgan fingerprint density at radius 2 is 1.94 bits per heavy atom. The van der Waals surface area contributed by atoms with E-state index < -0.39 is 11.7 Å². The fraction of sp³-hybridized carbons (Fsp3) is 0.720. The summed E-state index contributed by atoms with van der Waals surface area (Å²) in [6.07, 6.45) is 11.4. The fourth-order valence-electron chi connectivity index (χ4n) is 3.96. The highest BCUT2D eigenvalue weighted by Crippen LogP contribution is 2.31. The van der Waals surface area contributed by atoms with Gasteiger partial charge in [-0.05, 0) is 71.6 Å². The van der Waals surface area contributed by atoms with E-state index in [9.17, 15) is 9.59 Å². The minimum absolute atomic E-state index is 0.0103. The maximum Gasteiger partial charge on any atom is 0.407 e. The summed E-state index contributed by atoms with van der Waals surface area (Å²) in [5.41, 5.74) is 0.887. The second kappa shape index (κ2) is 12.1. The molecule has 0 bridgehead atoms. The van der Waals surface area contributed by atoms with Crippen LogP contribution in [0, 0.1) is 11.8 Å². The minimum Gasteiger partial charge on any atom is -0.463 e. The van der Waals surface area contributed by atoms with Crippen LogP contribution in [-0.4, -0.2) is 40.4 Å². The first kappa shape index (κ1) is 25.9. The van der Waals surface area contributed by atoms with E-state index in [0.717, 1.165) is 18.0 Å². The van der Waals surface area contributed by atoms with Gasteiger partial charge in [-0.3, -0.25) is 0 Å². The third-order valence-corrected chi connectivity index (χ3v) is 5.84. The van der Waals surface area contributed by atoms with Crippen LogP contribution >= 0.6 is 0 Å². The van der Waals surface area contributed by atoms with E-state index in [1.54, 1.807) is 6.92 Å². The molecule has 1 N–H and O–H groups in total. The first-order valence-electron chi connectivity index (χ1n) is 12.0. The summed E-state index contributed by atoms with van der Waals surface area (Å²) in [5.74, 6) is 0.459. The van der Waals surface area contributed by atoms with Gasteiger partial charge in [0.25, 0.3) is 0 Å². The quantitative estimate of drug-likeness (QED) is 0.415. The third-order valence-electron chi connectivity index (χ3n) is 5.84. The first-order valence-corrected chi connectivity index (χ1v) is 12.0. The molecule has 1 unspecified atom stereocenters. The van der Waals surface area contributed by atoms with Gasteiger partial charge in [-0.2, -0.15) is 0 Å². The molecule has 180 valence electrons. The lowest BCUT2D eigenvalue weighted by atomic mass is 9.87. The van der Waals surface area contributed by atoms with Crippen LogP contribution in [0.2, 0.25) is 0 Å². The molecule has 32 heavy (non-hydrogen) atoms. The molecule has 1 heterocycles. The van der Waals surface area contributed by atoms with Crippen LogP contribution in [0.4, 0.5) is 4.79 Å². The van der Waals surface area contributed by atoms with Crippen LogP contribution in [0.25, 0.3) is 0 Å². The van der Waals surface area contributed by atoms with Crippen molar-refractivity contribution in [1.82, 2.24) is 14.9 Å². The van der Waals surface area contributed by atoms with Crippen molar-refractivity contribution in [3.63, 3.8) is 0 Å². The number of carbonyl (C=O) groups excluding carboxylic acids is 2. The van der Waals surface area contributed by atoms with E-state index >= 15 is 0 Å². The molecule has 1 aliphatic rings. The fourth-order valence-corrected chi connectivity index (χ4v) is 3.96. The maximum absolute atomic E-state index is 12.6. The lowest BCUT2D eigenvalue weighted by Gasteiger charge is -2.26. The van der Waals surface area contributed by atoms with Crippen molar-refractivity contribution in [3.05, 3.63) is 29.9 Å². The molecule has 7 heteroatoms. The molecule has 1 amide bonds. The number of ether oxygens (including phenoxy) is 2. The van der Waals surface area contributed by atoms with E-state index in [1.807, 2.05) is 40.1 Å². The Kier molecular flexibility index (Phi) is 9.79. The zero-order chi connectivity index (χ0) is 23.7. The topological polar surface area (TPSA) is 82.5 Å². The summed E-state index contributed by atoms with van der Waals surface area (Å²) in [6.45, 7) is 12.3. The van der Waals surface area contributed by atoms with Crippen molar-refractivity contribution in [3.8, 4) is 0 Å². The van der Waals surface area contributed by atoms with Crippen molar-refractivity contribution in [2.75, 3.05) is 13.2 Å². The van der Waals surface area contributed by atoms with Crippen LogP contribution in [-0.2, 0) is 20.7 Å². The van der Waals surface area contributed by atoms with Gasteiger partial charge < -0.3 is 19.4 Å². The average molecular weight is 448 g/mol. The summed E-state index contributed by atoms with van der Waals surface area (Å²) >= 11 is 0. The maximum atomic E-state index is 12.6. The van der Waals surface area contributed by atoms with E-state index in [2.05, 4.69) is 28.0 Å². The molecule has 1 aliphatic carbocycles. The number of nitrogens with one attached hydrogen (secondary N) is 1. The summed E-state index contributed by atoms with van der Waals surface area (Å²) in [4.78, 5) is 29.2. The van der Waals surface area contributed by atoms with E-state index in [0.29, 0.717) is 31.2 Å². The van der Waals surface area contributed by atoms with Crippen LogP contribution in [0.1, 0.15) is 85.4 Å². The molecular weight excluding hydrogens is 406 g/mol. The molecule has 0 saturated heterocycles. The van der Waals surface area contributed by atoms with Gasteiger partial charge in [0.2, 0.25) is 0 Å². The van der Waals surface area contributed by atoms with Crippen LogP contribution in [0.15, 0.2) is 24.2 Å². The molecule has 7 nitrogen and oxygen atoms in total. The zero-order valence-electron chi connectivity index (χ0n) is 20.6. The molecule has 1 aromatic rings. The first-order chi connectivity index (χ1) is 15.1. The molecule has 0 spiro atoms. The molecule has 1 saturated carbocycles. The number of alkyl carbamates (subject to hydrolysis) is 1. The third kappa shape index (κ3) is 8.67. The molecular formula is C25H41N3O4. The number of hydrogen-bond acceptors (Lipinski definition) is 5. The molecule has 0 aromatic carbocycles. The summed E-state index contributed by atoms with van der Waals surface area (Å²) in [6, 6.07) is 0.490. The Morgan fingerprint density at radius 3 is 2.53 bits per heavy atom. The molecule has 0 radical (unpaired) electrons. The van der Waals surface area contributed by atoms with E-state index in [1.165, 1.54) is 25.7 Å². The lowest BCUT2D eigenvalue weighted by Crippen LogP contribution is -2.35. The highest BCUT2D eigenvalue weighted by atomic mass is 16.6. The SMILES string of the molecule is CCOC(=O)/C(=C/C(CC)CNC(=O)OC(C)(C)C)Cc1cn(C2CCC(C)CC2)cn1. The predicted molar refractivity (Wildman–Crippen MR) is 125 cm³/mol. The highest BCUT2D eigenvalue weighted by Gasteiger charge is 2.22. The largest absolute Gasteiger partial charge is 0.463 e. The predicted octanol–water partition coefficient (Wildman–Crippen LogP) is 5.22. The van der Waals surface area contributed by atoms with Crippen molar-refractivity contribution >= 4 is 12.1 Å². The number of imidazole rings is 1. The second-order valence-corrected chi connectivity index (χ2v) is 9.87. The van der Waals surface area contributed by atoms with Gasteiger partial charge >= 0.3 is 12.1 Å². The lowest BCUT2D eigenvalue weighted by molar-refractivity contribution is -0.138. The number of nitrogens with zero attached hydrogens (tertiary/aromatic N) is 2. The van der Waals surface area contributed by atoms with Crippen molar-refractivity contribution < 1.29 is 19.1 Å². The van der Waals surface area contributed by atoms with Gasteiger partial charge in [-0.25, -0.2) is 14.6 Å². The minimum atomic E-state index is -0.549. The van der Waals surface area contributed by atoms with E-state index in [4.69, 9.17) is 9.47 Å². The normalized spacial score (nSPS) is 20.5. The van der Waals surface area contributed by atoms with Crippen molar-refractivity contribution in [2.45, 2.75) is 91.7 Å². The van der Waals surface area contributed by atoms with Gasteiger partial charge in [0.15, 0.2) is 0 Å². The molecule has 1 fully saturated rings. The molecule has 1 atom stereocenters. The standard InChI is InChI=1S/C25H41N3O4/c1-7-19(15-26-24(30)32-25(4,5)6)13-20(23(29)31-8-2)14-21-16-28(17-27-21)22-11-9-18(3)10-12-22/h13,16-19,22H,7-12,14-15H2,1-6H3,(H,26,30)/b20-13+. The number of aromatic nitrogens is 2. The van der Waals surface area contributed by atoms with Gasteiger partial charge in [0, 0.05) is 30.8 Å². The Labute approximate surface area is 193 Å². The Morgan fingerprint density at radius 1 is 1.25 bits per heavy atom. The van der Waals surface area contributed by atoms with Crippen LogP contribution in [0.5, 0.6) is 0 Å². The van der Waals surface area contributed by atoms with Gasteiger partial charge in [0.05, 0.1) is 18.6 Å². The molecule has 1 aromatic heterocycles. The number of rotatable bonds is 9. The monoisotopic (exact) mass is 447 g/mol. The summed E-state index contributed by atoms with van der Waals surface area (Å²) in [5, 5.41) is 2.80. The van der Waals surface area contributed by atoms with Crippen molar-refractivity contribution in [1.29, 1.82) is 0 Å². The Bertz CT molecular complexity index is 770. The van der Waals surface area contributed by atoms with Crippen LogP contribution < -0.4 is 5.32 Å². The Hall–Kier alpha value is -2.31. The van der Waals surface area contributed by atoms with Gasteiger partial charge in [-0.15, -0.1) is 0 Å². The summed E-state index contributed by atoms with van der Waals surface area (Å²) in [7, 11) is 0. The van der Waals surface area contributed by atoms with E-state index in [-0.39, 0.29) is 11.9 Å². The Balaban J connectivity index is 2.07. The van der Waals surface area contributed by atoms with Gasteiger partial charge in [0.1, 0.15) is 5.60 Å².